The standard InChI is InChI=1S/C20H22N6O4S2/c21-19-23-16(24-20(25-19)22-15-5-2-1-3-6-15)13-30-18(27)14-8-10-26(11-9-14)32(28,29)17-7-4-12-31-17/h1-7,12,14H,8-11,13H2,(H3,21,22,23,24,25). The minimum absolute atomic E-state index is 0.0107. The van der Waals surface area contributed by atoms with Gasteiger partial charge in [0.25, 0.3) is 10.0 Å². The third kappa shape index (κ3) is 5.21. The highest BCUT2D eigenvalue weighted by Gasteiger charge is 2.33. The molecule has 0 unspecified atom stereocenters. The molecule has 3 heterocycles. The van der Waals surface area contributed by atoms with Crippen molar-refractivity contribution in [1.82, 2.24) is 19.3 Å². The summed E-state index contributed by atoms with van der Waals surface area (Å²) in [6.07, 6.45) is 0.785. The minimum atomic E-state index is -3.51. The van der Waals surface area contributed by atoms with Crippen molar-refractivity contribution in [3.8, 4) is 0 Å². The molecule has 3 aromatic rings. The lowest BCUT2D eigenvalue weighted by atomic mass is 9.98. The molecule has 1 aliphatic rings. The molecule has 0 saturated carbocycles. The zero-order valence-electron chi connectivity index (χ0n) is 17.0. The number of hydrogen-bond acceptors (Lipinski definition) is 10. The van der Waals surface area contributed by atoms with Crippen molar-refractivity contribution in [2.45, 2.75) is 23.7 Å². The molecule has 10 nitrogen and oxygen atoms in total. The predicted molar refractivity (Wildman–Crippen MR) is 120 cm³/mol. The Bertz CT molecular complexity index is 1160. The molecule has 0 aliphatic carbocycles. The highest BCUT2D eigenvalue weighted by molar-refractivity contribution is 7.91. The van der Waals surface area contributed by atoms with Gasteiger partial charge in [0.2, 0.25) is 11.9 Å². The molecule has 12 heteroatoms. The van der Waals surface area contributed by atoms with Gasteiger partial charge in [-0.25, -0.2) is 8.42 Å². The van der Waals surface area contributed by atoms with Gasteiger partial charge in [-0.1, -0.05) is 24.3 Å². The maximum atomic E-state index is 12.6. The number of thiophene rings is 1. The summed E-state index contributed by atoms with van der Waals surface area (Å²) in [6, 6.07) is 12.6. The summed E-state index contributed by atoms with van der Waals surface area (Å²) in [5.41, 5.74) is 6.54. The lowest BCUT2D eigenvalue weighted by molar-refractivity contribution is -0.151. The quantitative estimate of drug-likeness (QED) is 0.494. The molecule has 0 bridgehead atoms. The second-order valence-electron chi connectivity index (χ2n) is 7.14. The highest BCUT2D eigenvalue weighted by atomic mass is 32.2. The number of sulfonamides is 1. The fraction of sp³-hybridized carbons (Fsp3) is 0.300. The van der Waals surface area contributed by atoms with Crippen molar-refractivity contribution in [3.05, 3.63) is 53.7 Å². The molecular weight excluding hydrogens is 452 g/mol. The van der Waals surface area contributed by atoms with Gasteiger partial charge in [0.05, 0.1) is 5.92 Å². The molecule has 0 radical (unpaired) electrons. The molecule has 1 saturated heterocycles. The van der Waals surface area contributed by atoms with Crippen LogP contribution in [-0.4, -0.2) is 46.7 Å². The molecule has 1 fully saturated rings. The Hall–Kier alpha value is -3.09. The summed E-state index contributed by atoms with van der Waals surface area (Å²) in [6.45, 7) is 0.385. The van der Waals surface area contributed by atoms with E-state index in [9.17, 15) is 13.2 Å². The Balaban J connectivity index is 1.32. The van der Waals surface area contributed by atoms with Gasteiger partial charge in [-0.3, -0.25) is 4.79 Å². The van der Waals surface area contributed by atoms with Crippen LogP contribution in [0, 0.1) is 5.92 Å². The highest BCUT2D eigenvalue weighted by Crippen LogP contribution is 2.27. The number of esters is 1. The van der Waals surface area contributed by atoms with Crippen molar-refractivity contribution in [2.75, 3.05) is 24.1 Å². The molecule has 0 spiro atoms. The number of nitrogens with zero attached hydrogens (tertiary/aromatic N) is 4. The van der Waals surface area contributed by atoms with Gasteiger partial charge in [-0.05, 0) is 36.4 Å². The average molecular weight is 475 g/mol. The van der Waals surface area contributed by atoms with Crippen LogP contribution in [0.2, 0.25) is 0 Å². The van der Waals surface area contributed by atoms with Crippen molar-refractivity contribution in [3.63, 3.8) is 0 Å². The molecule has 168 valence electrons. The van der Waals surface area contributed by atoms with Crippen LogP contribution in [0.5, 0.6) is 0 Å². The zero-order valence-corrected chi connectivity index (χ0v) is 18.7. The number of hydrogen-bond donors (Lipinski definition) is 2. The van der Waals surface area contributed by atoms with E-state index in [1.165, 1.54) is 15.6 Å². The van der Waals surface area contributed by atoms with Crippen molar-refractivity contribution in [2.24, 2.45) is 5.92 Å². The van der Waals surface area contributed by atoms with E-state index in [0.29, 0.717) is 17.1 Å². The van der Waals surface area contributed by atoms with E-state index in [-0.39, 0.29) is 43.3 Å². The molecule has 0 atom stereocenters. The Morgan fingerprint density at radius 1 is 1.12 bits per heavy atom. The maximum absolute atomic E-state index is 12.6. The molecule has 0 amide bonds. The number of carbonyl (C=O) groups is 1. The van der Waals surface area contributed by atoms with E-state index in [4.69, 9.17) is 10.5 Å². The van der Waals surface area contributed by atoms with Crippen LogP contribution in [-0.2, 0) is 26.2 Å². The lowest BCUT2D eigenvalue weighted by Crippen LogP contribution is -2.40. The van der Waals surface area contributed by atoms with Crippen molar-refractivity contribution < 1.29 is 17.9 Å². The second kappa shape index (κ2) is 9.59. The van der Waals surface area contributed by atoms with E-state index in [2.05, 4.69) is 20.3 Å². The zero-order chi connectivity index (χ0) is 22.6. The van der Waals surface area contributed by atoms with Crippen LogP contribution >= 0.6 is 11.3 Å². The first-order chi connectivity index (χ1) is 15.4. The predicted octanol–water partition coefficient (Wildman–Crippen LogP) is 2.40. The number of anilines is 3. The third-order valence-electron chi connectivity index (χ3n) is 4.95. The number of nitrogens with two attached hydrogens (primary N) is 1. The monoisotopic (exact) mass is 474 g/mol. The number of rotatable bonds is 7. The van der Waals surface area contributed by atoms with E-state index in [1.807, 2.05) is 30.3 Å². The summed E-state index contributed by atoms with van der Waals surface area (Å²) in [5.74, 6) is -0.305. The fourth-order valence-corrected chi connectivity index (χ4v) is 5.95. The molecule has 4 rings (SSSR count). The molecule has 1 aromatic carbocycles. The topological polar surface area (TPSA) is 140 Å². The Labute approximate surface area is 189 Å². The van der Waals surface area contributed by atoms with Crippen LogP contribution < -0.4 is 11.1 Å². The van der Waals surface area contributed by atoms with Crippen molar-refractivity contribution >= 4 is 44.9 Å². The summed E-state index contributed by atoms with van der Waals surface area (Å²) < 4.78 is 32.3. The molecular formula is C20H22N6O4S2. The SMILES string of the molecule is Nc1nc(COC(=O)C2CCN(S(=O)(=O)c3cccs3)CC2)nc(Nc2ccccc2)n1. The number of aromatic nitrogens is 3. The first-order valence-corrected chi connectivity index (χ1v) is 12.3. The first kappa shape index (κ1) is 22.1. The molecule has 2 aromatic heterocycles. The smallest absolute Gasteiger partial charge is 0.309 e. The van der Waals surface area contributed by atoms with E-state index in [0.717, 1.165) is 5.69 Å². The van der Waals surface area contributed by atoms with E-state index < -0.39 is 16.0 Å². The summed E-state index contributed by atoms with van der Waals surface area (Å²) in [4.78, 5) is 24.8. The number of piperidine rings is 1. The first-order valence-electron chi connectivity index (χ1n) is 9.94. The Morgan fingerprint density at radius 3 is 2.56 bits per heavy atom. The number of carbonyl (C=O) groups excluding carboxylic acids is 1. The van der Waals surface area contributed by atoms with Crippen LogP contribution in [0.4, 0.5) is 17.6 Å². The number of nitrogen functional groups attached to an aromatic ring is 1. The van der Waals surface area contributed by atoms with E-state index >= 15 is 0 Å². The lowest BCUT2D eigenvalue weighted by Gasteiger charge is -2.29. The fourth-order valence-electron chi connectivity index (χ4n) is 3.33. The number of benzene rings is 1. The summed E-state index contributed by atoms with van der Waals surface area (Å²) >= 11 is 1.18. The average Bonchev–Trinajstić information content (AvgIpc) is 3.34. The summed E-state index contributed by atoms with van der Waals surface area (Å²) in [7, 11) is -3.51. The van der Waals surface area contributed by atoms with Crippen LogP contribution in [0.25, 0.3) is 0 Å². The number of nitrogens with one attached hydrogen (secondary N) is 1. The minimum Gasteiger partial charge on any atom is -0.457 e. The Morgan fingerprint density at radius 2 is 1.88 bits per heavy atom. The van der Waals surface area contributed by atoms with Gasteiger partial charge in [-0.15, -0.1) is 11.3 Å². The maximum Gasteiger partial charge on any atom is 0.309 e. The van der Waals surface area contributed by atoms with Gasteiger partial charge >= 0.3 is 5.97 Å². The molecule has 32 heavy (non-hydrogen) atoms. The molecule has 3 N–H and O–H groups in total. The molecule has 1 aliphatic heterocycles. The van der Waals surface area contributed by atoms with Gasteiger partial charge in [0, 0.05) is 18.8 Å². The van der Waals surface area contributed by atoms with Gasteiger partial charge in [0.1, 0.15) is 4.21 Å². The van der Waals surface area contributed by atoms with Crippen LogP contribution in [0.3, 0.4) is 0 Å². The Kier molecular flexibility index (Phi) is 6.63. The summed E-state index contributed by atoms with van der Waals surface area (Å²) in [5, 5.41) is 4.75. The number of para-hydroxylation sites is 1. The largest absolute Gasteiger partial charge is 0.457 e. The van der Waals surface area contributed by atoms with Gasteiger partial charge in [-0.2, -0.15) is 19.3 Å². The second-order valence-corrected chi connectivity index (χ2v) is 10.3. The number of ether oxygens (including phenoxy) is 1. The van der Waals surface area contributed by atoms with Crippen LogP contribution in [0.1, 0.15) is 18.7 Å². The van der Waals surface area contributed by atoms with Gasteiger partial charge < -0.3 is 15.8 Å². The van der Waals surface area contributed by atoms with Gasteiger partial charge in [0.15, 0.2) is 12.4 Å². The normalized spacial score (nSPS) is 15.4. The van der Waals surface area contributed by atoms with E-state index in [1.54, 1.807) is 17.5 Å². The van der Waals surface area contributed by atoms with Crippen LogP contribution in [0.15, 0.2) is 52.1 Å². The van der Waals surface area contributed by atoms with Crippen molar-refractivity contribution in [1.29, 1.82) is 0 Å². The third-order valence-corrected chi connectivity index (χ3v) is 8.22.